The largest absolute Gasteiger partial charge is 0.508 e. The van der Waals surface area contributed by atoms with Crippen LogP contribution < -0.4 is 0 Å². The molecule has 1 N–H and O–H groups in total. The molecular weight excluding hydrogens is 216 g/mol. The first-order valence-corrected chi connectivity index (χ1v) is 6.82. The highest BCUT2D eigenvalue weighted by Crippen LogP contribution is 2.47. The summed E-state index contributed by atoms with van der Waals surface area (Å²) in [6.07, 6.45) is 2.41. The second-order valence-electron chi connectivity index (χ2n) is 5.37. The highest BCUT2D eigenvalue weighted by Gasteiger charge is 2.33. The number of aryl methyl sites for hydroxylation is 1. The molecule has 0 saturated heterocycles. The van der Waals surface area contributed by atoms with Gasteiger partial charge in [0.15, 0.2) is 0 Å². The highest BCUT2D eigenvalue weighted by atomic mass is 32.2. The zero-order chi connectivity index (χ0) is 11.9. The van der Waals surface area contributed by atoms with Gasteiger partial charge < -0.3 is 5.11 Å². The molecule has 0 saturated carbocycles. The Hall–Kier alpha value is -0.630. The molecule has 0 radical (unpaired) electrons. The number of rotatable bonds is 1. The van der Waals surface area contributed by atoms with Crippen LogP contribution in [-0.2, 0) is 5.41 Å². The molecule has 0 aromatic heterocycles. The molecule has 1 atom stereocenters. The number of benzene rings is 1. The lowest BCUT2D eigenvalue weighted by Gasteiger charge is -2.37. The van der Waals surface area contributed by atoms with Gasteiger partial charge in [0.2, 0.25) is 0 Å². The summed E-state index contributed by atoms with van der Waals surface area (Å²) in [5.41, 5.74) is 2.48. The Kier molecular flexibility index (Phi) is 2.95. The van der Waals surface area contributed by atoms with Crippen molar-refractivity contribution in [2.75, 3.05) is 0 Å². The van der Waals surface area contributed by atoms with E-state index < -0.39 is 0 Å². The molecule has 2 rings (SSSR count). The fourth-order valence-electron chi connectivity index (χ4n) is 2.42. The number of thioether (sulfide) groups is 1. The smallest absolute Gasteiger partial charge is 0.118 e. The van der Waals surface area contributed by atoms with Gasteiger partial charge in [-0.05, 0) is 48.4 Å². The van der Waals surface area contributed by atoms with Crippen LogP contribution in [0.3, 0.4) is 0 Å². The van der Waals surface area contributed by atoms with E-state index in [1.165, 1.54) is 23.3 Å². The second kappa shape index (κ2) is 3.99. The molecule has 1 aliphatic rings. The number of phenols is 1. The average Bonchev–Trinajstić information content (AvgIpc) is 2.20. The Morgan fingerprint density at radius 1 is 1.44 bits per heavy atom. The van der Waals surface area contributed by atoms with E-state index in [0.29, 0.717) is 11.0 Å². The van der Waals surface area contributed by atoms with Crippen LogP contribution >= 0.6 is 11.8 Å². The van der Waals surface area contributed by atoms with E-state index in [4.69, 9.17) is 0 Å². The van der Waals surface area contributed by atoms with E-state index in [1.54, 1.807) is 0 Å². The Balaban J connectivity index is 2.51. The van der Waals surface area contributed by atoms with Crippen LogP contribution in [0.2, 0.25) is 0 Å². The first-order chi connectivity index (χ1) is 7.44. The van der Waals surface area contributed by atoms with Crippen LogP contribution in [0.5, 0.6) is 5.75 Å². The van der Waals surface area contributed by atoms with Gasteiger partial charge >= 0.3 is 0 Å². The summed E-state index contributed by atoms with van der Waals surface area (Å²) in [4.78, 5) is 1.36. The summed E-state index contributed by atoms with van der Waals surface area (Å²) in [5.74, 6) is 0.433. The predicted molar refractivity (Wildman–Crippen MR) is 70.4 cm³/mol. The number of aromatic hydroxyl groups is 1. The van der Waals surface area contributed by atoms with Crippen LogP contribution in [0.25, 0.3) is 0 Å². The van der Waals surface area contributed by atoms with Crippen molar-refractivity contribution in [1.82, 2.24) is 0 Å². The zero-order valence-electron chi connectivity index (χ0n) is 10.5. The monoisotopic (exact) mass is 236 g/mol. The van der Waals surface area contributed by atoms with Crippen molar-refractivity contribution >= 4 is 11.8 Å². The van der Waals surface area contributed by atoms with E-state index in [9.17, 15) is 5.11 Å². The molecule has 0 bridgehead atoms. The molecule has 16 heavy (non-hydrogen) atoms. The Morgan fingerprint density at radius 2 is 2.12 bits per heavy atom. The molecule has 2 heteroatoms. The van der Waals surface area contributed by atoms with Crippen LogP contribution in [0.15, 0.2) is 17.0 Å². The van der Waals surface area contributed by atoms with E-state index in [-0.39, 0.29) is 5.41 Å². The molecule has 1 aliphatic heterocycles. The molecule has 1 heterocycles. The van der Waals surface area contributed by atoms with E-state index in [1.807, 2.05) is 24.8 Å². The maximum Gasteiger partial charge on any atom is 0.118 e. The third kappa shape index (κ3) is 1.95. The highest BCUT2D eigenvalue weighted by molar-refractivity contribution is 8.00. The molecule has 1 unspecified atom stereocenters. The number of hydrogen-bond donors (Lipinski definition) is 1. The van der Waals surface area contributed by atoms with Gasteiger partial charge in [-0.3, -0.25) is 0 Å². The van der Waals surface area contributed by atoms with Gasteiger partial charge in [-0.15, -0.1) is 11.8 Å². The van der Waals surface area contributed by atoms with Gasteiger partial charge in [0.1, 0.15) is 5.75 Å². The Labute approximate surface area is 102 Å². The minimum atomic E-state index is 0.187. The molecular formula is C14H20OS. The summed E-state index contributed by atoms with van der Waals surface area (Å²) >= 11 is 1.97. The zero-order valence-corrected chi connectivity index (χ0v) is 11.3. The molecule has 0 aliphatic carbocycles. The molecule has 88 valence electrons. The van der Waals surface area contributed by atoms with Gasteiger partial charge in [0.25, 0.3) is 0 Å². The van der Waals surface area contributed by atoms with E-state index in [2.05, 4.69) is 26.8 Å². The summed E-state index contributed by atoms with van der Waals surface area (Å²) < 4.78 is 0. The first kappa shape index (κ1) is 11.8. The van der Waals surface area contributed by atoms with Crippen LogP contribution in [0.4, 0.5) is 0 Å². The van der Waals surface area contributed by atoms with Gasteiger partial charge in [-0.2, -0.15) is 0 Å². The quantitative estimate of drug-likeness (QED) is 0.786. The Bertz CT molecular complexity index is 409. The molecule has 0 spiro atoms. The summed E-state index contributed by atoms with van der Waals surface area (Å²) in [6, 6.07) is 4.10. The average molecular weight is 236 g/mol. The standard InChI is InChI=1S/C14H20OS/c1-5-10-8-14(3,4)11-7-12(15)9(2)6-13(11)16-10/h6-7,10,15H,5,8H2,1-4H3. The fraction of sp³-hybridized carbons (Fsp3) is 0.571. The summed E-state index contributed by atoms with van der Waals surface area (Å²) in [5, 5.41) is 10.5. The molecule has 0 fully saturated rings. The topological polar surface area (TPSA) is 20.2 Å². The summed E-state index contributed by atoms with van der Waals surface area (Å²) in [7, 11) is 0. The Morgan fingerprint density at radius 3 is 2.75 bits per heavy atom. The van der Waals surface area contributed by atoms with Gasteiger partial charge in [-0.25, -0.2) is 0 Å². The maximum absolute atomic E-state index is 9.82. The van der Waals surface area contributed by atoms with Crippen molar-refractivity contribution in [3.05, 3.63) is 23.3 Å². The van der Waals surface area contributed by atoms with Crippen molar-refractivity contribution in [1.29, 1.82) is 0 Å². The predicted octanol–water partition coefficient (Wildman–Crippen LogP) is 4.25. The van der Waals surface area contributed by atoms with Crippen molar-refractivity contribution in [2.24, 2.45) is 0 Å². The van der Waals surface area contributed by atoms with Crippen molar-refractivity contribution < 1.29 is 5.11 Å². The van der Waals surface area contributed by atoms with Gasteiger partial charge in [0, 0.05) is 10.1 Å². The minimum absolute atomic E-state index is 0.187. The lowest BCUT2D eigenvalue weighted by Crippen LogP contribution is -2.27. The van der Waals surface area contributed by atoms with Crippen LogP contribution in [0.1, 0.15) is 44.7 Å². The number of hydrogen-bond acceptors (Lipinski definition) is 2. The molecule has 0 amide bonds. The van der Waals surface area contributed by atoms with Crippen molar-refractivity contribution in [3.63, 3.8) is 0 Å². The number of fused-ring (bicyclic) bond motifs is 1. The molecule has 1 aromatic rings. The SMILES string of the molecule is CCC1CC(C)(C)c2cc(O)c(C)cc2S1. The molecule has 1 nitrogen and oxygen atoms in total. The first-order valence-electron chi connectivity index (χ1n) is 5.95. The van der Waals surface area contributed by atoms with Crippen molar-refractivity contribution in [3.8, 4) is 5.75 Å². The fourth-order valence-corrected chi connectivity index (χ4v) is 4.16. The van der Waals surface area contributed by atoms with E-state index >= 15 is 0 Å². The lowest BCUT2D eigenvalue weighted by molar-refractivity contribution is 0.435. The van der Waals surface area contributed by atoms with E-state index in [0.717, 1.165) is 5.56 Å². The van der Waals surface area contributed by atoms with Gasteiger partial charge in [-0.1, -0.05) is 20.8 Å². The normalized spacial score (nSPS) is 22.9. The third-order valence-electron chi connectivity index (χ3n) is 3.51. The van der Waals surface area contributed by atoms with Crippen LogP contribution in [-0.4, -0.2) is 10.4 Å². The second-order valence-corrected chi connectivity index (χ2v) is 6.71. The van der Waals surface area contributed by atoms with Gasteiger partial charge in [0.05, 0.1) is 0 Å². The summed E-state index contributed by atoms with van der Waals surface area (Å²) in [6.45, 7) is 8.79. The number of phenolic OH excluding ortho intramolecular Hbond substituents is 1. The third-order valence-corrected chi connectivity index (χ3v) is 4.94. The van der Waals surface area contributed by atoms with Crippen molar-refractivity contribution in [2.45, 2.75) is 56.1 Å². The molecule has 1 aromatic carbocycles. The minimum Gasteiger partial charge on any atom is -0.508 e. The lowest BCUT2D eigenvalue weighted by atomic mass is 9.79. The van der Waals surface area contributed by atoms with Crippen LogP contribution in [0, 0.1) is 6.92 Å². The maximum atomic E-state index is 9.82.